The Morgan fingerprint density at radius 3 is 2.65 bits per heavy atom. The van der Waals surface area contributed by atoms with Crippen LogP contribution in [0.5, 0.6) is 0 Å². The molecule has 1 aliphatic carbocycles. The van der Waals surface area contributed by atoms with E-state index in [9.17, 15) is 4.79 Å². The van der Waals surface area contributed by atoms with Crippen LogP contribution >= 0.6 is 0 Å². The van der Waals surface area contributed by atoms with Crippen LogP contribution in [0.15, 0.2) is 0 Å². The van der Waals surface area contributed by atoms with Crippen LogP contribution in [0.2, 0.25) is 0 Å². The molecule has 2 aliphatic rings. The third kappa shape index (κ3) is 3.73. The fourth-order valence-electron chi connectivity index (χ4n) is 3.51. The Hall–Kier alpha value is -0.610. The Morgan fingerprint density at radius 2 is 2.00 bits per heavy atom. The van der Waals surface area contributed by atoms with Gasteiger partial charge >= 0.3 is 0 Å². The van der Waals surface area contributed by atoms with Gasteiger partial charge in [0.25, 0.3) is 0 Å². The van der Waals surface area contributed by atoms with Crippen LogP contribution in [0, 0.1) is 17.3 Å². The Labute approximate surface area is 123 Å². The fourth-order valence-corrected chi connectivity index (χ4v) is 3.51. The lowest BCUT2D eigenvalue weighted by molar-refractivity contribution is -0.127. The molecule has 1 aliphatic heterocycles. The number of nitrogens with zero attached hydrogens (tertiary/aromatic N) is 1. The molecule has 0 aromatic rings. The molecule has 3 unspecified atom stereocenters. The summed E-state index contributed by atoms with van der Waals surface area (Å²) in [7, 11) is 2.17. The second-order valence-electron chi connectivity index (χ2n) is 7.42. The number of piperidine rings is 1. The highest BCUT2D eigenvalue weighted by atomic mass is 16.1. The smallest absolute Gasteiger partial charge is 0.224 e. The molecule has 1 saturated heterocycles. The summed E-state index contributed by atoms with van der Waals surface area (Å²) in [5.74, 6) is 0.677. The molecule has 3 N–H and O–H groups in total. The topological polar surface area (TPSA) is 58.4 Å². The van der Waals surface area contributed by atoms with Crippen molar-refractivity contribution < 1.29 is 4.79 Å². The predicted molar refractivity (Wildman–Crippen MR) is 82.3 cm³/mol. The largest absolute Gasteiger partial charge is 0.355 e. The average Bonchev–Trinajstić information content (AvgIpc) is 2.43. The van der Waals surface area contributed by atoms with Crippen molar-refractivity contribution in [2.24, 2.45) is 23.0 Å². The molecular formula is C16H31N3O. The molecule has 3 atom stereocenters. The first-order valence-corrected chi connectivity index (χ1v) is 8.13. The lowest BCUT2D eigenvalue weighted by Gasteiger charge is -2.39. The van der Waals surface area contributed by atoms with E-state index in [0.29, 0.717) is 5.92 Å². The molecule has 4 heteroatoms. The molecule has 116 valence electrons. The molecule has 1 heterocycles. The lowest BCUT2D eigenvalue weighted by Crippen LogP contribution is -2.50. The number of rotatable bonds is 3. The molecule has 1 saturated carbocycles. The first-order chi connectivity index (χ1) is 9.41. The monoisotopic (exact) mass is 281 g/mol. The summed E-state index contributed by atoms with van der Waals surface area (Å²) in [5, 5.41) is 3.19. The number of hydrogen-bond acceptors (Lipinski definition) is 3. The van der Waals surface area contributed by atoms with E-state index in [2.05, 4.69) is 31.1 Å². The van der Waals surface area contributed by atoms with Gasteiger partial charge in [0.05, 0.1) is 5.92 Å². The van der Waals surface area contributed by atoms with Crippen LogP contribution in [0.1, 0.15) is 46.0 Å². The molecule has 4 nitrogen and oxygen atoms in total. The maximum Gasteiger partial charge on any atom is 0.224 e. The maximum atomic E-state index is 12.4. The molecule has 2 fully saturated rings. The molecular weight excluding hydrogens is 250 g/mol. The summed E-state index contributed by atoms with van der Waals surface area (Å²) in [4.78, 5) is 14.8. The van der Waals surface area contributed by atoms with Gasteiger partial charge in [0.15, 0.2) is 0 Å². The number of amides is 1. The van der Waals surface area contributed by atoms with Crippen LogP contribution in [-0.2, 0) is 4.79 Å². The van der Waals surface area contributed by atoms with Gasteiger partial charge in [0, 0.05) is 12.6 Å². The maximum absolute atomic E-state index is 12.4. The van der Waals surface area contributed by atoms with Crippen LogP contribution in [-0.4, -0.2) is 43.5 Å². The zero-order valence-electron chi connectivity index (χ0n) is 13.3. The normalized spacial score (nSPS) is 34.7. The van der Waals surface area contributed by atoms with Crippen molar-refractivity contribution in [3.05, 3.63) is 0 Å². The number of likely N-dealkylation sites (tertiary alicyclic amines) is 1. The average molecular weight is 281 g/mol. The molecule has 0 radical (unpaired) electrons. The van der Waals surface area contributed by atoms with Gasteiger partial charge in [0.1, 0.15) is 0 Å². The second-order valence-corrected chi connectivity index (χ2v) is 7.42. The zero-order valence-corrected chi connectivity index (χ0v) is 13.3. The molecule has 20 heavy (non-hydrogen) atoms. The van der Waals surface area contributed by atoms with Gasteiger partial charge < -0.3 is 16.0 Å². The third-order valence-corrected chi connectivity index (χ3v) is 5.52. The quantitative estimate of drug-likeness (QED) is 0.826. The van der Waals surface area contributed by atoms with Gasteiger partial charge in [-0.1, -0.05) is 20.3 Å². The molecule has 2 rings (SSSR count). The van der Waals surface area contributed by atoms with Crippen molar-refractivity contribution in [3.63, 3.8) is 0 Å². The van der Waals surface area contributed by atoms with E-state index in [0.717, 1.165) is 51.7 Å². The van der Waals surface area contributed by atoms with Gasteiger partial charge in [-0.15, -0.1) is 0 Å². The summed E-state index contributed by atoms with van der Waals surface area (Å²) in [5.41, 5.74) is 6.47. The fraction of sp³-hybridized carbons (Fsp3) is 0.938. The van der Waals surface area contributed by atoms with Crippen molar-refractivity contribution >= 4 is 5.91 Å². The van der Waals surface area contributed by atoms with Crippen LogP contribution in [0.3, 0.4) is 0 Å². The second kappa shape index (κ2) is 6.44. The van der Waals surface area contributed by atoms with E-state index in [1.54, 1.807) is 0 Å². The summed E-state index contributed by atoms with van der Waals surface area (Å²) in [6.45, 7) is 7.53. The van der Waals surface area contributed by atoms with Crippen LogP contribution < -0.4 is 11.1 Å². The molecule has 0 aromatic carbocycles. The van der Waals surface area contributed by atoms with Crippen molar-refractivity contribution in [3.8, 4) is 0 Å². The van der Waals surface area contributed by atoms with E-state index < -0.39 is 0 Å². The standard InChI is InChI=1S/C16H31N3O/c1-12-5-4-6-13(14(12)17)15(20)18-11-16(2)7-9-19(3)10-8-16/h12-14H,4-11,17H2,1-3H3,(H,18,20). The van der Waals surface area contributed by atoms with Gasteiger partial charge in [-0.05, 0) is 57.2 Å². The SMILES string of the molecule is CC1CCCC(C(=O)NCC2(C)CCN(C)CC2)C1N. The van der Waals surface area contributed by atoms with Crippen molar-refractivity contribution in [2.45, 2.75) is 52.0 Å². The summed E-state index contributed by atoms with van der Waals surface area (Å²) in [6.07, 6.45) is 5.58. The highest BCUT2D eigenvalue weighted by molar-refractivity contribution is 5.79. The van der Waals surface area contributed by atoms with E-state index in [1.165, 1.54) is 0 Å². The Balaban J connectivity index is 1.82. The minimum Gasteiger partial charge on any atom is -0.355 e. The third-order valence-electron chi connectivity index (χ3n) is 5.52. The van der Waals surface area contributed by atoms with Crippen molar-refractivity contribution in [1.29, 1.82) is 0 Å². The van der Waals surface area contributed by atoms with E-state index in [-0.39, 0.29) is 23.3 Å². The van der Waals surface area contributed by atoms with Gasteiger partial charge in [-0.25, -0.2) is 0 Å². The minimum absolute atomic E-state index is 0.0219. The summed E-state index contributed by atoms with van der Waals surface area (Å²) >= 11 is 0. The van der Waals surface area contributed by atoms with Crippen LogP contribution in [0.25, 0.3) is 0 Å². The Bertz CT molecular complexity index is 337. The molecule has 0 spiro atoms. The molecule has 0 aromatic heterocycles. The highest BCUT2D eigenvalue weighted by Gasteiger charge is 2.34. The first kappa shape index (κ1) is 15.8. The van der Waals surface area contributed by atoms with Gasteiger partial charge in [-0.2, -0.15) is 0 Å². The van der Waals surface area contributed by atoms with Crippen LogP contribution in [0.4, 0.5) is 0 Å². The molecule has 1 amide bonds. The Kier molecular flexibility index (Phi) is 5.08. The van der Waals surface area contributed by atoms with Gasteiger partial charge in [-0.3, -0.25) is 4.79 Å². The highest BCUT2D eigenvalue weighted by Crippen LogP contribution is 2.31. The lowest BCUT2D eigenvalue weighted by atomic mass is 9.77. The van der Waals surface area contributed by atoms with Crippen molar-refractivity contribution in [1.82, 2.24) is 10.2 Å². The van der Waals surface area contributed by atoms with E-state index >= 15 is 0 Å². The number of hydrogen-bond donors (Lipinski definition) is 2. The predicted octanol–water partition coefficient (Wildman–Crippen LogP) is 1.60. The minimum atomic E-state index is 0.0219. The summed E-state index contributed by atoms with van der Waals surface area (Å²) in [6, 6.07) is 0.0362. The van der Waals surface area contributed by atoms with E-state index in [4.69, 9.17) is 5.73 Å². The first-order valence-electron chi connectivity index (χ1n) is 8.13. The number of carbonyl (C=O) groups is 1. The van der Waals surface area contributed by atoms with E-state index in [1.807, 2.05) is 0 Å². The Morgan fingerprint density at radius 1 is 1.35 bits per heavy atom. The number of nitrogens with one attached hydrogen (secondary N) is 1. The molecule has 0 bridgehead atoms. The number of carbonyl (C=O) groups excluding carboxylic acids is 1. The van der Waals surface area contributed by atoms with Gasteiger partial charge in [0.2, 0.25) is 5.91 Å². The zero-order chi connectivity index (χ0) is 14.8. The number of nitrogens with two attached hydrogens (primary N) is 1. The van der Waals surface area contributed by atoms with Crippen molar-refractivity contribution in [2.75, 3.05) is 26.7 Å². The summed E-state index contributed by atoms with van der Waals surface area (Å²) < 4.78 is 0.